The molecule has 1 N–H and O–H groups in total. The highest BCUT2D eigenvalue weighted by atomic mass is 14.8. The summed E-state index contributed by atoms with van der Waals surface area (Å²) < 4.78 is 0. The van der Waals surface area contributed by atoms with Crippen molar-refractivity contribution >= 4 is 7.85 Å². The Kier molecular flexibility index (Phi) is 4.40. The Morgan fingerprint density at radius 1 is 0.882 bits per heavy atom. The van der Waals surface area contributed by atoms with E-state index < -0.39 is 0 Å². The second kappa shape index (κ2) is 6.26. The van der Waals surface area contributed by atoms with Crippen molar-refractivity contribution in [1.82, 2.24) is 5.32 Å². The summed E-state index contributed by atoms with van der Waals surface area (Å²) >= 11 is 0. The van der Waals surface area contributed by atoms with Crippen molar-refractivity contribution in [3.8, 4) is 0 Å². The molecule has 84 valence electrons. The van der Waals surface area contributed by atoms with E-state index in [1.54, 1.807) is 0 Å². The molecule has 0 heterocycles. The van der Waals surface area contributed by atoms with Crippen molar-refractivity contribution in [2.24, 2.45) is 0 Å². The molecule has 0 saturated heterocycles. The van der Waals surface area contributed by atoms with E-state index in [-0.39, 0.29) is 5.82 Å². The van der Waals surface area contributed by atoms with Gasteiger partial charge in [-0.25, -0.2) is 0 Å². The molecule has 0 aliphatic heterocycles. The summed E-state index contributed by atoms with van der Waals surface area (Å²) in [5, 5.41) is 3.37. The summed E-state index contributed by atoms with van der Waals surface area (Å²) in [5.74, 6) is 0.0555. The molecule has 0 aliphatic rings. The molecule has 0 spiro atoms. The van der Waals surface area contributed by atoms with Crippen molar-refractivity contribution in [2.45, 2.75) is 12.4 Å². The van der Waals surface area contributed by atoms with E-state index in [1.165, 1.54) is 11.1 Å². The molecule has 2 aromatic rings. The quantitative estimate of drug-likeness (QED) is 0.765. The van der Waals surface area contributed by atoms with Crippen LogP contribution in [0.2, 0.25) is 0 Å². The number of hydrogen-bond acceptors (Lipinski definition) is 1. The molecule has 17 heavy (non-hydrogen) atoms. The van der Waals surface area contributed by atoms with Crippen molar-refractivity contribution < 1.29 is 0 Å². The molecule has 2 rings (SSSR count). The van der Waals surface area contributed by atoms with Crippen LogP contribution in [0.25, 0.3) is 0 Å². The highest BCUT2D eigenvalue weighted by Crippen LogP contribution is 2.10. The van der Waals surface area contributed by atoms with Crippen molar-refractivity contribution in [3.05, 3.63) is 71.8 Å². The van der Waals surface area contributed by atoms with E-state index in [0.717, 1.165) is 13.1 Å². The zero-order valence-corrected chi connectivity index (χ0v) is 9.84. The fourth-order valence-electron chi connectivity index (χ4n) is 1.79. The van der Waals surface area contributed by atoms with Crippen molar-refractivity contribution in [2.75, 3.05) is 6.54 Å². The second-order valence-corrected chi connectivity index (χ2v) is 4.13. The van der Waals surface area contributed by atoms with Crippen molar-refractivity contribution in [1.29, 1.82) is 0 Å². The first-order valence-corrected chi connectivity index (χ1v) is 5.91. The van der Waals surface area contributed by atoms with Gasteiger partial charge in [0.15, 0.2) is 0 Å². The first kappa shape index (κ1) is 11.9. The Morgan fingerprint density at radius 3 is 2.12 bits per heavy atom. The molecule has 2 aromatic carbocycles. The normalized spacial score (nSPS) is 12.2. The Balaban J connectivity index is 1.79. The Morgan fingerprint density at radius 2 is 1.47 bits per heavy atom. The lowest BCUT2D eigenvalue weighted by atomic mass is 9.81. The van der Waals surface area contributed by atoms with Gasteiger partial charge in [0.25, 0.3) is 0 Å². The maximum absolute atomic E-state index is 6.10. The van der Waals surface area contributed by atoms with Gasteiger partial charge < -0.3 is 5.32 Å². The van der Waals surface area contributed by atoms with Crippen molar-refractivity contribution in [3.63, 3.8) is 0 Å². The Bertz CT molecular complexity index is 427. The third-order valence-electron chi connectivity index (χ3n) is 2.76. The largest absolute Gasteiger partial charge is 0.313 e. The van der Waals surface area contributed by atoms with Crippen LogP contribution in [0, 0.1) is 0 Å². The average molecular weight is 221 g/mol. The molecule has 0 bridgehead atoms. The molecule has 1 nitrogen and oxygen atoms in total. The summed E-state index contributed by atoms with van der Waals surface area (Å²) in [6, 6.07) is 20.5. The fraction of sp³-hybridized carbons (Fsp3) is 0.200. The number of hydrogen-bond donors (Lipinski definition) is 1. The molecule has 0 aliphatic carbocycles. The van der Waals surface area contributed by atoms with Gasteiger partial charge in [0, 0.05) is 6.54 Å². The molecule has 0 saturated carbocycles. The topological polar surface area (TPSA) is 12.0 Å². The van der Waals surface area contributed by atoms with Gasteiger partial charge in [-0.3, -0.25) is 0 Å². The lowest BCUT2D eigenvalue weighted by molar-refractivity contribution is 0.674. The molecule has 0 fully saturated rings. The number of rotatable bonds is 5. The van der Waals surface area contributed by atoms with E-state index in [4.69, 9.17) is 7.85 Å². The van der Waals surface area contributed by atoms with Gasteiger partial charge in [0.2, 0.25) is 0 Å². The van der Waals surface area contributed by atoms with Crippen LogP contribution in [0.4, 0.5) is 0 Å². The monoisotopic (exact) mass is 221 g/mol. The standard InChI is InChI=1S/C15H16BN/c16-15(14-9-5-2-6-10-14)12-17-11-13-7-3-1-4-8-13/h1-10,15,17H,11-12H2/t15-/m1/s1. The number of benzene rings is 2. The summed E-state index contributed by atoms with van der Waals surface area (Å²) in [6.45, 7) is 1.65. The summed E-state index contributed by atoms with van der Waals surface area (Å²) in [5.41, 5.74) is 2.46. The van der Waals surface area contributed by atoms with Crippen LogP contribution < -0.4 is 5.32 Å². The molecular formula is C15H16BN. The second-order valence-electron chi connectivity index (χ2n) is 4.13. The minimum Gasteiger partial charge on any atom is -0.313 e. The predicted octanol–water partition coefficient (Wildman–Crippen LogP) is 2.69. The first-order valence-electron chi connectivity index (χ1n) is 5.91. The van der Waals surface area contributed by atoms with Gasteiger partial charge in [-0.05, 0) is 17.9 Å². The molecule has 0 aromatic heterocycles. The SMILES string of the molecule is [B][C@H](CNCc1ccccc1)c1ccccc1. The number of nitrogens with one attached hydrogen (secondary N) is 1. The molecule has 0 amide bonds. The van der Waals surface area contributed by atoms with Gasteiger partial charge >= 0.3 is 0 Å². The van der Waals surface area contributed by atoms with E-state index in [1.807, 2.05) is 36.4 Å². The van der Waals surface area contributed by atoms with Crippen LogP contribution in [-0.2, 0) is 6.54 Å². The van der Waals surface area contributed by atoms with E-state index in [2.05, 4.69) is 29.6 Å². The van der Waals surface area contributed by atoms with E-state index in [0.29, 0.717) is 0 Å². The molecule has 2 heteroatoms. The predicted molar refractivity (Wildman–Crippen MR) is 73.1 cm³/mol. The van der Waals surface area contributed by atoms with Crippen LogP contribution in [0.15, 0.2) is 60.7 Å². The minimum atomic E-state index is 0.0555. The lowest BCUT2D eigenvalue weighted by Crippen LogP contribution is -2.21. The zero-order valence-electron chi connectivity index (χ0n) is 9.84. The fourth-order valence-corrected chi connectivity index (χ4v) is 1.79. The Labute approximate surface area is 104 Å². The Hall–Kier alpha value is -1.54. The summed E-state index contributed by atoms with van der Waals surface area (Å²) in [7, 11) is 6.10. The van der Waals surface area contributed by atoms with E-state index >= 15 is 0 Å². The summed E-state index contributed by atoms with van der Waals surface area (Å²) in [4.78, 5) is 0. The third-order valence-corrected chi connectivity index (χ3v) is 2.76. The van der Waals surface area contributed by atoms with Gasteiger partial charge in [0.05, 0.1) is 7.85 Å². The summed E-state index contributed by atoms with van der Waals surface area (Å²) in [6.07, 6.45) is 0. The maximum atomic E-state index is 6.10. The molecule has 2 radical (unpaired) electrons. The van der Waals surface area contributed by atoms with Gasteiger partial charge in [-0.1, -0.05) is 66.2 Å². The molecule has 0 unspecified atom stereocenters. The van der Waals surface area contributed by atoms with Crippen LogP contribution >= 0.6 is 0 Å². The molecule has 1 atom stereocenters. The minimum absolute atomic E-state index is 0.0555. The van der Waals surface area contributed by atoms with Crippen LogP contribution in [0.1, 0.15) is 16.9 Å². The maximum Gasteiger partial charge on any atom is 0.0781 e. The van der Waals surface area contributed by atoms with Crippen LogP contribution in [0.3, 0.4) is 0 Å². The van der Waals surface area contributed by atoms with Gasteiger partial charge in [-0.15, -0.1) is 0 Å². The highest BCUT2D eigenvalue weighted by molar-refractivity contribution is 6.12. The van der Waals surface area contributed by atoms with Crippen LogP contribution in [0.5, 0.6) is 0 Å². The van der Waals surface area contributed by atoms with Gasteiger partial charge in [0.1, 0.15) is 0 Å². The smallest absolute Gasteiger partial charge is 0.0781 e. The van der Waals surface area contributed by atoms with Crippen LogP contribution in [-0.4, -0.2) is 14.4 Å². The average Bonchev–Trinajstić information content (AvgIpc) is 2.41. The molecular weight excluding hydrogens is 205 g/mol. The van der Waals surface area contributed by atoms with E-state index in [9.17, 15) is 0 Å². The third kappa shape index (κ3) is 3.75. The lowest BCUT2D eigenvalue weighted by Gasteiger charge is -2.13. The first-order chi connectivity index (χ1) is 8.36. The van der Waals surface area contributed by atoms with Gasteiger partial charge in [-0.2, -0.15) is 0 Å². The zero-order chi connectivity index (χ0) is 11.9. The highest BCUT2D eigenvalue weighted by Gasteiger charge is 2.03.